The summed E-state index contributed by atoms with van der Waals surface area (Å²) in [5.41, 5.74) is 1.65. The molecule has 0 aromatic heterocycles. The SMILES string of the molecule is COC(=O)NCC(=O)N1CCC[C@H]1C(=O)Nc1ccc([C@@H]2CCCN2c2ccc(C(F)(F)F)cc2)cc1. The van der Waals surface area contributed by atoms with Crippen LogP contribution in [0.2, 0.25) is 0 Å². The summed E-state index contributed by atoms with van der Waals surface area (Å²) in [5.74, 6) is -0.660. The van der Waals surface area contributed by atoms with Crippen LogP contribution in [0.3, 0.4) is 0 Å². The van der Waals surface area contributed by atoms with Gasteiger partial charge in [-0.05, 0) is 67.6 Å². The van der Waals surface area contributed by atoms with Crippen molar-refractivity contribution in [3.05, 3.63) is 59.7 Å². The van der Waals surface area contributed by atoms with Gasteiger partial charge in [0.15, 0.2) is 0 Å². The predicted molar refractivity (Wildman–Crippen MR) is 131 cm³/mol. The van der Waals surface area contributed by atoms with E-state index in [2.05, 4.69) is 20.3 Å². The van der Waals surface area contributed by atoms with E-state index in [1.807, 2.05) is 12.1 Å². The van der Waals surface area contributed by atoms with Crippen LogP contribution in [0, 0.1) is 0 Å². The molecule has 0 aliphatic carbocycles. The lowest BCUT2D eigenvalue weighted by atomic mass is 10.0. The van der Waals surface area contributed by atoms with Crippen LogP contribution in [0.25, 0.3) is 0 Å². The van der Waals surface area contributed by atoms with Gasteiger partial charge in [-0.1, -0.05) is 12.1 Å². The van der Waals surface area contributed by atoms with Gasteiger partial charge < -0.3 is 25.2 Å². The zero-order valence-electron chi connectivity index (χ0n) is 20.4. The molecule has 3 amide bonds. The van der Waals surface area contributed by atoms with Crippen molar-refractivity contribution in [2.75, 3.05) is 37.0 Å². The maximum Gasteiger partial charge on any atom is 0.416 e. The van der Waals surface area contributed by atoms with Crippen molar-refractivity contribution in [3.8, 4) is 0 Å². The van der Waals surface area contributed by atoms with Crippen LogP contribution in [0.15, 0.2) is 48.5 Å². The molecule has 0 saturated carbocycles. The highest BCUT2D eigenvalue weighted by Crippen LogP contribution is 2.38. The molecule has 2 atom stereocenters. The molecule has 11 heteroatoms. The summed E-state index contributed by atoms with van der Waals surface area (Å²) in [5, 5.41) is 5.20. The summed E-state index contributed by atoms with van der Waals surface area (Å²) in [6.07, 6.45) is -2.09. The van der Waals surface area contributed by atoms with Gasteiger partial charge in [0, 0.05) is 24.5 Å². The minimum absolute atomic E-state index is 0.0201. The number of likely N-dealkylation sites (tertiary alicyclic amines) is 1. The highest BCUT2D eigenvalue weighted by molar-refractivity contribution is 5.98. The number of carbonyl (C=O) groups is 3. The largest absolute Gasteiger partial charge is 0.453 e. The Morgan fingerprint density at radius 3 is 2.30 bits per heavy atom. The number of alkyl carbamates (subject to hydrolysis) is 1. The fraction of sp³-hybridized carbons (Fsp3) is 0.423. The average molecular weight is 519 g/mol. The van der Waals surface area contributed by atoms with Crippen molar-refractivity contribution in [2.24, 2.45) is 0 Å². The number of nitrogens with one attached hydrogen (secondary N) is 2. The Balaban J connectivity index is 1.38. The maximum atomic E-state index is 12.9. The molecule has 4 rings (SSSR count). The van der Waals surface area contributed by atoms with E-state index in [0.29, 0.717) is 25.1 Å². The molecule has 2 saturated heterocycles. The van der Waals surface area contributed by atoms with E-state index in [9.17, 15) is 27.6 Å². The molecule has 0 radical (unpaired) electrons. The topological polar surface area (TPSA) is 91.0 Å². The van der Waals surface area contributed by atoms with Gasteiger partial charge in [-0.25, -0.2) is 4.79 Å². The molecule has 2 aromatic carbocycles. The normalized spacial score (nSPS) is 19.6. The first kappa shape index (κ1) is 26.3. The molecular weight excluding hydrogens is 489 g/mol. The molecule has 2 aliphatic rings. The van der Waals surface area contributed by atoms with E-state index in [1.165, 1.54) is 24.1 Å². The second kappa shape index (κ2) is 11.1. The molecule has 2 aliphatic heterocycles. The lowest BCUT2D eigenvalue weighted by Gasteiger charge is -2.28. The molecule has 2 aromatic rings. The molecule has 0 spiro atoms. The Labute approximate surface area is 212 Å². The van der Waals surface area contributed by atoms with Gasteiger partial charge in [-0.15, -0.1) is 0 Å². The smallest absolute Gasteiger partial charge is 0.416 e. The Kier molecular flexibility index (Phi) is 7.89. The number of hydrogen-bond acceptors (Lipinski definition) is 5. The second-order valence-corrected chi connectivity index (χ2v) is 9.10. The summed E-state index contributed by atoms with van der Waals surface area (Å²) >= 11 is 0. The number of alkyl halides is 3. The van der Waals surface area contributed by atoms with Crippen LogP contribution in [0.5, 0.6) is 0 Å². The fourth-order valence-electron chi connectivity index (χ4n) is 4.94. The number of amides is 3. The number of methoxy groups -OCH3 is 1. The van der Waals surface area contributed by atoms with Gasteiger partial charge in [-0.2, -0.15) is 13.2 Å². The number of anilines is 2. The van der Waals surface area contributed by atoms with Crippen LogP contribution in [-0.4, -0.2) is 55.6 Å². The molecule has 2 heterocycles. The number of rotatable bonds is 6. The number of ether oxygens (including phenoxy) is 1. The van der Waals surface area contributed by atoms with E-state index in [1.54, 1.807) is 12.1 Å². The minimum Gasteiger partial charge on any atom is -0.453 e. The highest BCUT2D eigenvalue weighted by atomic mass is 19.4. The van der Waals surface area contributed by atoms with E-state index in [-0.39, 0.29) is 24.4 Å². The van der Waals surface area contributed by atoms with Crippen LogP contribution in [0.1, 0.15) is 42.9 Å². The molecule has 2 N–H and O–H groups in total. The number of hydrogen-bond donors (Lipinski definition) is 2. The van der Waals surface area contributed by atoms with Gasteiger partial charge in [0.05, 0.1) is 18.7 Å². The Morgan fingerprint density at radius 1 is 0.973 bits per heavy atom. The molecule has 198 valence electrons. The zero-order chi connectivity index (χ0) is 26.6. The summed E-state index contributed by atoms with van der Waals surface area (Å²) in [7, 11) is 1.20. The molecule has 37 heavy (non-hydrogen) atoms. The number of carbonyl (C=O) groups excluding carboxylic acids is 3. The third-order valence-corrected chi connectivity index (χ3v) is 6.79. The van der Waals surface area contributed by atoms with Crippen LogP contribution < -0.4 is 15.5 Å². The van der Waals surface area contributed by atoms with Crippen molar-refractivity contribution in [3.63, 3.8) is 0 Å². The zero-order valence-corrected chi connectivity index (χ0v) is 20.4. The highest BCUT2D eigenvalue weighted by Gasteiger charge is 2.34. The van der Waals surface area contributed by atoms with Crippen molar-refractivity contribution in [2.45, 2.75) is 43.9 Å². The van der Waals surface area contributed by atoms with E-state index in [4.69, 9.17) is 0 Å². The first-order chi connectivity index (χ1) is 17.7. The van der Waals surface area contributed by atoms with Gasteiger partial charge in [0.1, 0.15) is 12.6 Å². The number of halogens is 3. The third kappa shape index (κ3) is 6.15. The van der Waals surface area contributed by atoms with Crippen molar-refractivity contribution >= 4 is 29.3 Å². The van der Waals surface area contributed by atoms with E-state index in [0.717, 1.165) is 42.8 Å². The molecular formula is C26H29F3N4O4. The van der Waals surface area contributed by atoms with Crippen molar-refractivity contribution in [1.82, 2.24) is 10.2 Å². The Morgan fingerprint density at radius 2 is 1.65 bits per heavy atom. The van der Waals surface area contributed by atoms with E-state index < -0.39 is 23.9 Å². The monoisotopic (exact) mass is 518 g/mol. The summed E-state index contributed by atoms with van der Waals surface area (Å²) in [6.45, 7) is 0.924. The summed E-state index contributed by atoms with van der Waals surface area (Å²) in [6, 6.07) is 12.0. The quantitative estimate of drug-likeness (QED) is 0.594. The lowest BCUT2D eigenvalue weighted by Crippen LogP contribution is -2.47. The first-order valence-electron chi connectivity index (χ1n) is 12.1. The average Bonchev–Trinajstić information content (AvgIpc) is 3.57. The number of benzene rings is 2. The molecule has 8 nitrogen and oxygen atoms in total. The van der Waals surface area contributed by atoms with Crippen molar-refractivity contribution in [1.29, 1.82) is 0 Å². The van der Waals surface area contributed by atoms with Gasteiger partial charge in [0.25, 0.3) is 0 Å². The molecule has 0 unspecified atom stereocenters. The Hall–Kier alpha value is -3.76. The van der Waals surface area contributed by atoms with Crippen LogP contribution in [-0.2, 0) is 20.5 Å². The van der Waals surface area contributed by atoms with Crippen LogP contribution >= 0.6 is 0 Å². The maximum absolute atomic E-state index is 12.9. The molecule has 0 bridgehead atoms. The van der Waals surface area contributed by atoms with Crippen LogP contribution in [0.4, 0.5) is 29.3 Å². The number of nitrogens with zero attached hydrogens (tertiary/aromatic N) is 2. The second-order valence-electron chi connectivity index (χ2n) is 9.10. The third-order valence-electron chi connectivity index (χ3n) is 6.79. The van der Waals surface area contributed by atoms with Gasteiger partial charge in [0.2, 0.25) is 11.8 Å². The van der Waals surface area contributed by atoms with E-state index >= 15 is 0 Å². The van der Waals surface area contributed by atoms with Gasteiger partial charge >= 0.3 is 12.3 Å². The summed E-state index contributed by atoms with van der Waals surface area (Å²) < 4.78 is 43.2. The van der Waals surface area contributed by atoms with Gasteiger partial charge in [-0.3, -0.25) is 9.59 Å². The lowest BCUT2D eigenvalue weighted by molar-refractivity contribution is -0.137. The minimum atomic E-state index is -4.37. The molecule has 2 fully saturated rings. The standard InChI is InChI=1S/C26H29F3N4O4/c1-37-25(36)30-16-23(34)33-15-3-5-22(33)24(35)31-19-10-6-17(7-11-19)21-4-2-14-32(21)20-12-8-18(9-13-20)26(27,28)29/h6-13,21-22H,2-5,14-16H2,1H3,(H,30,36)(H,31,35)/t21-,22-/m0/s1. The predicted octanol–water partition coefficient (Wildman–Crippen LogP) is 4.33. The Bertz CT molecular complexity index is 1120. The van der Waals surface area contributed by atoms with Crippen molar-refractivity contribution < 1.29 is 32.3 Å². The fourth-order valence-corrected chi connectivity index (χ4v) is 4.94. The first-order valence-corrected chi connectivity index (χ1v) is 12.1. The summed E-state index contributed by atoms with van der Waals surface area (Å²) in [4.78, 5) is 40.1.